The molecule has 112 valence electrons. The summed E-state index contributed by atoms with van der Waals surface area (Å²) in [6.07, 6.45) is 0.732. The molecule has 1 aromatic carbocycles. The summed E-state index contributed by atoms with van der Waals surface area (Å²) in [5.41, 5.74) is -0.704. The van der Waals surface area contributed by atoms with E-state index >= 15 is 0 Å². The SMILES string of the molecule is CC(CC=O)(NS(=O)C(C)(C)C)c1cc(Br)ccc1F. The zero-order valence-corrected chi connectivity index (χ0v) is 14.4. The van der Waals surface area contributed by atoms with Gasteiger partial charge in [-0.2, -0.15) is 0 Å². The van der Waals surface area contributed by atoms with Crippen LogP contribution in [-0.2, 0) is 21.3 Å². The largest absolute Gasteiger partial charge is 0.303 e. The predicted molar refractivity (Wildman–Crippen MR) is 83.2 cm³/mol. The summed E-state index contributed by atoms with van der Waals surface area (Å²) >= 11 is 3.29. The molecule has 0 saturated carbocycles. The number of carbonyl (C=O) groups is 1. The number of benzene rings is 1. The van der Waals surface area contributed by atoms with Crippen LogP contribution < -0.4 is 4.72 Å². The predicted octanol–water partition coefficient (Wildman–Crippen LogP) is 3.44. The van der Waals surface area contributed by atoms with E-state index in [2.05, 4.69) is 20.7 Å². The third-order valence-corrected chi connectivity index (χ3v) is 5.13. The molecule has 3 nitrogen and oxygen atoms in total. The quantitative estimate of drug-likeness (QED) is 0.814. The molecule has 6 heteroatoms. The molecule has 0 aliphatic rings. The maximum atomic E-state index is 14.1. The zero-order valence-electron chi connectivity index (χ0n) is 12.0. The normalized spacial score (nSPS) is 16.5. The number of hydrogen-bond donors (Lipinski definition) is 1. The molecular weight excluding hydrogens is 345 g/mol. The number of halogens is 2. The van der Waals surface area contributed by atoms with Gasteiger partial charge in [-0.05, 0) is 45.9 Å². The van der Waals surface area contributed by atoms with Gasteiger partial charge in [-0.1, -0.05) is 15.9 Å². The molecule has 0 aliphatic carbocycles. The van der Waals surface area contributed by atoms with Crippen molar-refractivity contribution >= 4 is 33.2 Å². The molecule has 0 spiro atoms. The Morgan fingerprint density at radius 3 is 2.45 bits per heavy atom. The minimum absolute atomic E-state index is 0.0300. The van der Waals surface area contributed by atoms with E-state index in [1.54, 1.807) is 19.1 Å². The highest BCUT2D eigenvalue weighted by Gasteiger charge is 2.34. The Balaban J connectivity index is 3.24. The molecule has 0 bridgehead atoms. The fourth-order valence-electron chi connectivity index (χ4n) is 1.65. The van der Waals surface area contributed by atoms with Crippen molar-refractivity contribution in [2.75, 3.05) is 0 Å². The molecule has 1 N–H and O–H groups in total. The molecule has 0 aromatic heterocycles. The summed E-state index contributed by atoms with van der Waals surface area (Å²) in [4.78, 5) is 10.9. The van der Waals surface area contributed by atoms with Crippen LogP contribution in [0.25, 0.3) is 0 Å². The summed E-state index contributed by atoms with van der Waals surface area (Å²) in [5.74, 6) is -0.434. The van der Waals surface area contributed by atoms with Gasteiger partial charge in [0.15, 0.2) is 0 Å². The maximum absolute atomic E-state index is 14.1. The molecule has 20 heavy (non-hydrogen) atoms. The van der Waals surface area contributed by atoms with Gasteiger partial charge in [0.05, 0.1) is 21.3 Å². The van der Waals surface area contributed by atoms with Crippen LogP contribution >= 0.6 is 15.9 Å². The Hall–Kier alpha value is -0.590. The van der Waals surface area contributed by atoms with Gasteiger partial charge in [0.2, 0.25) is 0 Å². The van der Waals surface area contributed by atoms with E-state index < -0.39 is 27.1 Å². The van der Waals surface area contributed by atoms with E-state index in [4.69, 9.17) is 0 Å². The smallest absolute Gasteiger partial charge is 0.128 e. The van der Waals surface area contributed by atoms with E-state index in [1.165, 1.54) is 6.07 Å². The Morgan fingerprint density at radius 2 is 1.95 bits per heavy atom. The average molecular weight is 364 g/mol. The third kappa shape index (κ3) is 4.20. The standard InChI is InChI=1S/C14H19BrFNO2S/c1-13(2,3)20(19)17-14(4,7-8-18)11-9-10(15)5-6-12(11)16/h5-6,8-9,17H,7H2,1-4H3. The summed E-state index contributed by atoms with van der Waals surface area (Å²) < 4.78 is 29.4. The van der Waals surface area contributed by atoms with Crippen molar-refractivity contribution in [3.05, 3.63) is 34.1 Å². The molecule has 0 heterocycles. The van der Waals surface area contributed by atoms with Gasteiger partial charge in [0.25, 0.3) is 0 Å². The van der Waals surface area contributed by atoms with E-state index in [-0.39, 0.29) is 6.42 Å². The minimum Gasteiger partial charge on any atom is -0.303 e. The monoisotopic (exact) mass is 363 g/mol. The molecule has 2 atom stereocenters. The van der Waals surface area contributed by atoms with Gasteiger partial charge in [-0.3, -0.25) is 0 Å². The molecular formula is C14H19BrFNO2S. The lowest BCUT2D eigenvalue weighted by Crippen LogP contribution is -2.46. The summed E-state index contributed by atoms with van der Waals surface area (Å²) in [5, 5.41) is 0. The van der Waals surface area contributed by atoms with Crippen LogP contribution in [0.15, 0.2) is 22.7 Å². The van der Waals surface area contributed by atoms with E-state index in [0.29, 0.717) is 16.3 Å². The molecule has 0 amide bonds. The minimum atomic E-state index is -1.41. The van der Waals surface area contributed by atoms with Crippen LogP contribution in [0.1, 0.15) is 39.7 Å². The first-order chi connectivity index (χ1) is 9.10. The molecule has 2 unspecified atom stereocenters. The zero-order chi connectivity index (χ0) is 15.6. The third-order valence-electron chi connectivity index (χ3n) is 2.89. The number of carbonyl (C=O) groups excluding carboxylic acids is 1. The van der Waals surface area contributed by atoms with Crippen molar-refractivity contribution in [1.82, 2.24) is 4.72 Å². The number of aldehydes is 1. The van der Waals surface area contributed by atoms with Crippen LogP contribution in [0.5, 0.6) is 0 Å². The Labute approximate surface area is 130 Å². The summed E-state index contributed by atoms with van der Waals surface area (Å²) in [6, 6.07) is 4.51. The fraction of sp³-hybridized carbons (Fsp3) is 0.500. The molecule has 1 aromatic rings. The van der Waals surface area contributed by atoms with Crippen LogP contribution in [0, 0.1) is 5.82 Å². The lowest BCUT2D eigenvalue weighted by Gasteiger charge is -2.32. The van der Waals surface area contributed by atoms with Gasteiger partial charge in [0, 0.05) is 16.5 Å². The van der Waals surface area contributed by atoms with Gasteiger partial charge in [-0.15, -0.1) is 0 Å². The molecule has 1 rings (SSSR count). The second-order valence-electron chi connectivity index (χ2n) is 5.81. The van der Waals surface area contributed by atoms with Crippen molar-refractivity contribution in [2.45, 2.75) is 44.4 Å². The first-order valence-electron chi connectivity index (χ1n) is 6.19. The van der Waals surface area contributed by atoms with Crippen molar-refractivity contribution in [1.29, 1.82) is 0 Å². The van der Waals surface area contributed by atoms with Crippen molar-refractivity contribution in [3.63, 3.8) is 0 Å². The topological polar surface area (TPSA) is 46.2 Å². The Bertz CT molecular complexity index is 530. The highest BCUT2D eigenvalue weighted by Crippen LogP contribution is 2.30. The number of hydrogen-bond acceptors (Lipinski definition) is 2. The van der Waals surface area contributed by atoms with Crippen LogP contribution in [0.3, 0.4) is 0 Å². The van der Waals surface area contributed by atoms with Gasteiger partial charge in [0.1, 0.15) is 12.1 Å². The molecule has 0 saturated heterocycles. The average Bonchev–Trinajstić information content (AvgIpc) is 2.31. The summed E-state index contributed by atoms with van der Waals surface area (Å²) in [7, 11) is -1.41. The van der Waals surface area contributed by atoms with E-state index in [0.717, 1.165) is 0 Å². The number of nitrogens with one attached hydrogen (secondary N) is 1. The first-order valence-corrected chi connectivity index (χ1v) is 8.13. The van der Waals surface area contributed by atoms with Gasteiger partial charge in [-0.25, -0.2) is 13.3 Å². The van der Waals surface area contributed by atoms with Crippen molar-refractivity contribution in [3.8, 4) is 0 Å². The lowest BCUT2D eigenvalue weighted by molar-refractivity contribution is -0.108. The molecule has 0 radical (unpaired) electrons. The molecule has 0 aliphatic heterocycles. The highest BCUT2D eigenvalue weighted by atomic mass is 79.9. The van der Waals surface area contributed by atoms with Crippen molar-refractivity contribution in [2.24, 2.45) is 0 Å². The second kappa shape index (κ2) is 6.45. The van der Waals surface area contributed by atoms with Crippen LogP contribution in [0.2, 0.25) is 0 Å². The van der Waals surface area contributed by atoms with Crippen LogP contribution in [0.4, 0.5) is 4.39 Å². The van der Waals surface area contributed by atoms with Gasteiger partial charge < -0.3 is 4.79 Å². The van der Waals surface area contributed by atoms with E-state index in [9.17, 15) is 13.4 Å². The first kappa shape index (κ1) is 17.5. The van der Waals surface area contributed by atoms with Crippen molar-refractivity contribution < 1.29 is 13.4 Å². The molecule has 0 fully saturated rings. The number of rotatable bonds is 5. The Morgan fingerprint density at radius 1 is 1.35 bits per heavy atom. The van der Waals surface area contributed by atoms with E-state index in [1.807, 2.05) is 20.8 Å². The maximum Gasteiger partial charge on any atom is 0.128 e. The lowest BCUT2D eigenvalue weighted by atomic mass is 9.90. The Kier molecular flexibility index (Phi) is 5.63. The van der Waals surface area contributed by atoms with Crippen LogP contribution in [-0.4, -0.2) is 15.2 Å². The second-order valence-corrected chi connectivity index (χ2v) is 8.69. The van der Waals surface area contributed by atoms with Gasteiger partial charge >= 0.3 is 0 Å². The summed E-state index contributed by atoms with van der Waals surface area (Å²) in [6.45, 7) is 7.12. The fourth-order valence-corrected chi connectivity index (χ4v) is 2.92. The highest BCUT2D eigenvalue weighted by molar-refractivity contribution is 9.10.